The molecule has 0 saturated heterocycles. The number of pyridine rings is 3. The summed E-state index contributed by atoms with van der Waals surface area (Å²) in [5, 5.41) is 11.8. The molecule has 2 N–H and O–H groups in total. The normalized spacial score (nSPS) is 11.3. The summed E-state index contributed by atoms with van der Waals surface area (Å²) in [5.74, 6) is -0.115. The number of aromatic nitrogens is 4. The van der Waals surface area contributed by atoms with Crippen LogP contribution in [0.4, 0.5) is 0 Å². The predicted molar refractivity (Wildman–Crippen MR) is 113 cm³/mol. The highest BCUT2D eigenvalue weighted by Crippen LogP contribution is 2.12. The molecule has 8 heteroatoms. The predicted octanol–water partition coefficient (Wildman–Crippen LogP) is 1.96. The van der Waals surface area contributed by atoms with Crippen LogP contribution in [0.25, 0.3) is 16.7 Å². The SMILES string of the molecule is CC(C)CNC(=O)c1cc2c(=O)n3ccccc3nc2n(Cc2cccnc2)c1=N. The van der Waals surface area contributed by atoms with Crippen molar-refractivity contribution in [3.05, 3.63) is 82.0 Å². The first-order chi connectivity index (χ1) is 14.5. The first-order valence-electron chi connectivity index (χ1n) is 9.72. The van der Waals surface area contributed by atoms with Crippen molar-refractivity contribution in [3.63, 3.8) is 0 Å². The van der Waals surface area contributed by atoms with E-state index in [1.165, 1.54) is 10.5 Å². The molecule has 0 aliphatic heterocycles. The van der Waals surface area contributed by atoms with Crippen molar-refractivity contribution in [2.45, 2.75) is 20.4 Å². The summed E-state index contributed by atoms with van der Waals surface area (Å²) in [6, 6.07) is 10.4. The van der Waals surface area contributed by atoms with Gasteiger partial charge in [0.15, 0.2) is 0 Å². The minimum atomic E-state index is -0.381. The average molecular weight is 402 g/mol. The molecule has 0 radical (unpaired) electrons. The van der Waals surface area contributed by atoms with Crippen LogP contribution in [0.15, 0.2) is 59.8 Å². The van der Waals surface area contributed by atoms with E-state index in [1.54, 1.807) is 47.4 Å². The zero-order chi connectivity index (χ0) is 21.3. The Bertz CT molecular complexity index is 1360. The molecule has 0 spiro atoms. The van der Waals surface area contributed by atoms with Crippen molar-refractivity contribution in [1.82, 2.24) is 24.3 Å². The van der Waals surface area contributed by atoms with Crippen LogP contribution in [-0.2, 0) is 6.54 Å². The number of carbonyl (C=O) groups excluding carboxylic acids is 1. The standard InChI is InChI=1S/C22H22N6O2/c1-14(2)11-25-21(29)16-10-17-20(26-18-7-3-4-9-27(18)22(17)30)28(19(16)23)13-15-6-5-8-24-12-15/h3-10,12,14,23H,11,13H2,1-2H3,(H,25,29). The molecule has 1 amide bonds. The monoisotopic (exact) mass is 402 g/mol. The van der Waals surface area contributed by atoms with Crippen molar-refractivity contribution >= 4 is 22.6 Å². The van der Waals surface area contributed by atoms with Crippen LogP contribution in [0.1, 0.15) is 29.8 Å². The van der Waals surface area contributed by atoms with Crippen molar-refractivity contribution < 1.29 is 4.79 Å². The van der Waals surface area contributed by atoms with Crippen molar-refractivity contribution in [3.8, 4) is 0 Å². The van der Waals surface area contributed by atoms with Gasteiger partial charge in [-0.3, -0.25) is 24.4 Å². The molecule has 0 bridgehead atoms. The van der Waals surface area contributed by atoms with E-state index in [1.807, 2.05) is 19.9 Å². The summed E-state index contributed by atoms with van der Waals surface area (Å²) in [6.07, 6.45) is 5.00. The van der Waals surface area contributed by atoms with Gasteiger partial charge in [0.1, 0.15) is 16.8 Å². The Labute approximate surface area is 172 Å². The van der Waals surface area contributed by atoms with Crippen molar-refractivity contribution in [2.24, 2.45) is 5.92 Å². The number of hydrogen-bond acceptors (Lipinski definition) is 5. The Morgan fingerprint density at radius 3 is 2.80 bits per heavy atom. The van der Waals surface area contributed by atoms with Crippen LogP contribution in [0.5, 0.6) is 0 Å². The Morgan fingerprint density at radius 2 is 2.07 bits per heavy atom. The summed E-state index contributed by atoms with van der Waals surface area (Å²) < 4.78 is 3.03. The molecule has 4 rings (SSSR count). The molecule has 4 heterocycles. The van der Waals surface area contributed by atoms with E-state index in [2.05, 4.69) is 15.3 Å². The fraction of sp³-hybridized carbons (Fsp3) is 0.227. The molecule has 0 atom stereocenters. The maximum Gasteiger partial charge on any atom is 0.267 e. The van der Waals surface area contributed by atoms with Gasteiger partial charge < -0.3 is 9.88 Å². The third-order valence-electron chi connectivity index (χ3n) is 4.80. The zero-order valence-electron chi connectivity index (χ0n) is 16.8. The van der Waals surface area contributed by atoms with Crippen LogP contribution >= 0.6 is 0 Å². The number of fused-ring (bicyclic) bond motifs is 2. The molecule has 0 unspecified atom stereocenters. The number of nitrogens with one attached hydrogen (secondary N) is 2. The van der Waals surface area contributed by atoms with E-state index in [0.717, 1.165) is 5.56 Å². The number of rotatable bonds is 5. The van der Waals surface area contributed by atoms with Gasteiger partial charge in [-0.15, -0.1) is 0 Å². The molecule has 0 aliphatic carbocycles. The number of nitrogens with zero attached hydrogens (tertiary/aromatic N) is 4. The molecule has 8 nitrogen and oxygen atoms in total. The van der Waals surface area contributed by atoms with E-state index in [0.29, 0.717) is 17.8 Å². The minimum Gasteiger partial charge on any atom is -0.352 e. The lowest BCUT2D eigenvalue weighted by Crippen LogP contribution is -2.36. The Morgan fingerprint density at radius 1 is 1.23 bits per heavy atom. The maximum absolute atomic E-state index is 13.1. The van der Waals surface area contributed by atoms with Crippen LogP contribution < -0.4 is 16.4 Å². The zero-order valence-corrected chi connectivity index (χ0v) is 16.8. The highest BCUT2D eigenvalue weighted by molar-refractivity contribution is 5.96. The van der Waals surface area contributed by atoms with Gasteiger partial charge in [0, 0.05) is 25.1 Å². The summed E-state index contributed by atoms with van der Waals surface area (Å²) in [6.45, 7) is 4.73. The lowest BCUT2D eigenvalue weighted by molar-refractivity contribution is 0.0946. The van der Waals surface area contributed by atoms with E-state index < -0.39 is 0 Å². The molecule has 4 aromatic rings. The summed E-state index contributed by atoms with van der Waals surface area (Å²) in [7, 11) is 0. The lowest BCUT2D eigenvalue weighted by atomic mass is 10.1. The highest BCUT2D eigenvalue weighted by Gasteiger charge is 2.18. The molecule has 152 valence electrons. The van der Waals surface area contributed by atoms with E-state index in [4.69, 9.17) is 5.41 Å². The minimum absolute atomic E-state index is 0.000194. The first-order valence-corrected chi connectivity index (χ1v) is 9.72. The average Bonchev–Trinajstić information content (AvgIpc) is 2.75. The van der Waals surface area contributed by atoms with Crippen LogP contribution in [0, 0.1) is 11.3 Å². The molecular weight excluding hydrogens is 380 g/mol. The smallest absolute Gasteiger partial charge is 0.267 e. The maximum atomic E-state index is 13.1. The second-order valence-electron chi connectivity index (χ2n) is 7.54. The van der Waals surface area contributed by atoms with Gasteiger partial charge in [0.2, 0.25) is 0 Å². The summed E-state index contributed by atoms with van der Waals surface area (Å²) in [4.78, 5) is 34.7. The van der Waals surface area contributed by atoms with E-state index in [9.17, 15) is 9.59 Å². The van der Waals surface area contributed by atoms with Crippen LogP contribution in [-0.4, -0.2) is 31.4 Å². The molecule has 0 aliphatic rings. The summed E-state index contributed by atoms with van der Waals surface area (Å²) in [5.41, 5.74) is 1.54. The van der Waals surface area contributed by atoms with Gasteiger partial charge in [-0.05, 0) is 35.7 Å². The van der Waals surface area contributed by atoms with Gasteiger partial charge in [0.05, 0.1) is 17.5 Å². The van der Waals surface area contributed by atoms with Crippen LogP contribution in [0.3, 0.4) is 0 Å². The fourth-order valence-corrected chi connectivity index (χ4v) is 3.28. The van der Waals surface area contributed by atoms with Crippen molar-refractivity contribution in [2.75, 3.05) is 6.54 Å². The van der Waals surface area contributed by atoms with E-state index >= 15 is 0 Å². The second kappa shape index (κ2) is 7.90. The van der Waals surface area contributed by atoms with Gasteiger partial charge in [-0.25, -0.2) is 4.98 Å². The quantitative estimate of drug-likeness (QED) is 0.498. The molecule has 4 aromatic heterocycles. The Balaban J connectivity index is 1.99. The molecule has 30 heavy (non-hydrogen) atoms. The third-order valence-corrected chi connectivity index (χ3v) is 4.80. The fourth-order valence-electron chi connectivity index (χ4n) is 3.28. The third kappa shape index (κ3) is 3.59. The molecule has 0 aromatic carbocycles. The Hall–Kier alpha value is -3.81. The van der Waals surface area contributed by atoms with Gasteiger partial charge in [-0.1, -0.05) is 26.0 Å². The lowest BCUT2D eigenvalue weighted by Gasteiger charge is -2.15. The van der Waals surface area contributed by atoms with Gasteiger partial charge in [0.25, 0.3) is 11.5 Å². The van der Waals surface area contributed by atoms with Gasteiger partial charge >= 0.3 is 0 Å². The molecular formula is C22H22N6O2. The van der Waals surface area contributed by atoms with Crippen LogP contribution in [0.2, 0.25) is 0 Å². The molecule has 0 saturated carbocycles. The summed E-state index contributed by atoms with van der Waals surface area (Å²) >= 11 is 0. The van der Waals surface area contributed by atoms with E-state index in [-0.39, 0.29) is 40.4 Å². The number of hydrogen-bond donors (Lipinski definition) is 2. The number of carbonyl (C=O) groups is 1. The van der Waals surface area contributed by atoms with Gasteiger partial charge in [-0.2, -0.15) is 0 Å². The second-order valence-corrected chi connectivity index (χ2v) is 7.54. The Kier molecular flexibility index (Phi) is 5.14. The first kappa shape index (κ1) is 19.5. The molecule has 0 fully saturated rings. The van der Waals surface area contributed by atoms with Crippen molar-refractivity contribution in [1.29, 1.82) is 5.41 Å². The topological polar surface area (TPSA) is 105 Å². The highest BCUT2D eigenvalue weighted by atomic mass is 16.1. The largest absolute Gasteiger partial charge is 0.352 e. The number of amides is 1.